The Kier molecular flexibility index (Phi) is 6.34. The Hall–Kier alpha value is -2.27. The Bertz CT molecular complexity index is 731. The van der Waals surface area contributed by atoms with Gasteiger partial charge in [-0.3, -0.25) is 4.79 Å². The molecule has 0 saturated carbocycles. The van der Waals surface area contributed by atoms with Crippen molar-refractivity contribution in [3.63, 3.8) is 0 Å². The van der Waals surface area contributed by atoms with Crippen LogP contribution in [0.4, 0.5) is 5.82 Å². The van der Waals surface area contributed by atoms with Crippen molar-refractivity contribution < 1.29 is 9.53 Å². The molecular formula is C20H24ClN3O2. The van der Waals surface area contributed by atoms with Crippen LogP contribution in [0.1, 0.15) is 18.4 Å². The first-order valence-corrected chi connectivity index (χ1v) is 9.34. The van der Waals surface area contributed by atoms with Gasteiger partial charge in [-0.05, 0) is 49.2 Å². The minimum atomic E-state index is 0.196. The second-order valence-corrected chi connectivity index (χ2v) is 6.83. The molecule has 1 aliphatic heterocycles. The molecule has 0 radical (unpaired) electrons. The van der Waals surface area contributed by atoms with Gasteiger partial charge in [-0.2, -0.15) is 0 Å². The Balaban J connectivity index is 1.37. The zero-order valence-electron chi connectivity index (χ0n) is 15.0. The van der Waals surface area contributed by atoms with Crippen LogP contribution in [0.2, 0.25) is 5.02 Å². The van der Waals surface area contributed by atoms with Crippen molar-refractivity contribution in [1.29, 1.82) is 0 Å². The second-order valence-electron chi connectivity index (χ2n) is 6.42. The highest BCUT2D eigenvalue weighted by Gasteiger charge is 2.21. The van der Waals surface area contributed by atoms with E-state index in [9.17, 15) is 4.79 Å². The van der Waals surface area contributed by atoms with Gasteiger partial charge in [-0.1, -0.05) is 17.7 Å². The van der Waals surface area contributed by atoms with Gasteiger partial charge in [0.1, 0.15) is 11.6 Å². The quantitative estimate of drug-likeness (QED) is 0.726. The molecule has 0 spiro atoms. The number of hydrogen-bond acceptors (Lipinski definition) is 4. The molecule has 2 heterocycles. The van der Waals surface area contributed by atoms with E-state index in [-0.39, 0.29) is 5.91 Å². The number of nitrogens with zero attached hydrogens (tertiary/aromatic N) is 3. The number of carbonyl (C=O) groups is 1. The Morgan fingerprint density at radius 3 is 2.69 bits per heavy atom. The van der Waals surface area contributed by atoms with Crippen LogP contribution in [0, 0.1) is 6.92 Å². The molecule has 3 rings (SSSR count). The Morgan fingerprint density at radius 1 is 1.19 bits per heavy atom. The first-order chi connectivity index (χ1) is 12.6. The minimum absolute atomic E-state index is 0.196. The van der Waals surface area contributed by atoms with Crippen LogP contribution in [0.3, 0.4) is 0 Å². The minimum Gasteiger partial charge on any atom is -0.494 e. The Morgan fingerprint density at radius 2 is 2.00 bits per heavy atom. The van der Waals surface area contributed by atoms with Crippen molar-refractivity contribution in [3.8, 4) is 5.75 Å². The number of rotatable bonds is 6. The van der Waals surface area contributed by atoms with Gasteiger partial charge in [0.2, 0.25) is 5.91 Å². The molecule has 0 unspecified atom stereocenters. The molecule has 2 aromatic rings. The molecule has 1 saturated heterocycles. The van der Waals surface area contributed by atoms with Crippen molar-refractivity contribution in [1.82, 2.24) is 9.88 Å². The first kappa shape index (κ1) is 18.5. The van der Waals surface area contributed by atoms with Crippen molar-refractivity contribution in [2.75, 3.05) is 37.7 Å². The lowest BCUT2D eigenvalue weighted by Gasteiger charge is -2.35. The summed E-state index contributed by atoms with van der Waals surface area (Å²) in [6, 6.07) is 11.5. The monoisotopic (exact) mass is 373 g/mol. The predicted molar refractivity (Wildman–Crippen MR) is 104 cm³/mol. The van der Waals surface area contributed by atoms with E-state index in [2.05, 4.69) is 9.88 Å². The van der Waals surface area contributed by atoms with E-state index < -0.39 is 0 Å². The van der Waals surface area contributed by atoms with Crippen LogP contribution in [0.5, 0.6) is 5.75 Å². The van der Waals surface area contributed by atoms with Crippen molar-refractivity contribution >= 4 is 23.3 Å². The highest BCUT2D eigenvalue weighted by Crippen LogP contribution is 2.21. The fourth-order valence-corrected chi connectivity index (χ4v) is 3.12. The molecule has 26 heavy (non-hydrogen) atoms. The zero-order valence-corrected chi connectivity index (χ0v) is 15.8. The molecule has 0 atom stereocenters. The smallest absolute Gasteiger partial charge is 0.222 e. The summed E-state index contributed by atoms with van der Waals surface area (Å²) >= 11 is 6.01. The molecule has 1 aromatic heterocycles. The number of ether oxygens (including phenoxy) is 1. The van der Waals surface area contributed by atoms with E-state index in [0.29, 0.717) is 19.4 Å². The average Bonchev–Trinajstić information content (AvgIpc) is 2.68. The standard InChI is InChI=1S/C20H24ClN3O2/c1-16-15-17(7-8-18(16)21)26-14-4-6-20(25)24-12-10-23(11-13-24)19-5-2-3-9-22-19/h2-3,5,7-9,15H,4,6,10-14H2,1H3. The van der Waals surface area contributed by atoms with Gasteiger partial charge in [0.25, 0.3) is 0 Å². The third-order valence-electron chi connectivity index (χ3n) is 4.54. The highest BCUT2D eigenvalue weighted by molar-refractivity contribution is 6.31. The fourth-order valence-electron chi connectivity index (χ4n) is 3.00. The number of hydrogen-bond donors (Lipinski definition) is 0. The highest BCUT2D eigenvalue weighted by atomic mass is 35.5. The van der Waals surface area contributed by atoms with E-state index in [1.165, 1.54) is 0 Å². The van der Waals surface area contributed by atoms with Gasteiger partial charge in [0.15, 0.2) is 0 Å². The second kappa shape index (κ2) is 8.90. The normalized spacial score (nSPS) is 14.4. The third kappa shape index (κ3) is 4.88. The number of benzene rings is 1. The summed E-state index contributed by atoms with van der Waals surface area (Å²) in [7, 11) is 0. The Labute approximate surface area is 159 Å². The van der Waals surface area contributed by atoms with Crippen LogP contribution >= 0.6 is 11.6 Å². The van der Waals surface area contributed by atoms with Crippen LogP contribution in [-0.4, -0.2) is 48.6 Å². The van der Waals surface area contributed by atoms with Gasteiger partial charge < -0.3 is 14.5 Å². The van der Waals surface area contributed by atoms with Crippen molar-refractivity contribution in [2.45, 2.75) is 19.8 Å². The molecule has 0 bridgehead atoms. The molecule has 1 amide bonds. The number of pyridine rings is 1. The number of aromatic nitrogens is 1. The first-order valence-electron chi connectivity index (χ1n) is 8.96. The SMILES string of the molecule is Cc1cc(OCCCC(=O)N2CCN(c3ccccn3)CC2)ccc1Cl. The maximum absolute atomic E-state index is 12.4. The van der Waals surface area contributed by atoms with Crippen LogP contribution in [-0.2, 0) is 4.79 Å². The summed E-state index contributed by atoms with van der Waals surface area (Å²) < 4.78 is 5.71. The summed E-state index contributed by atoms with van der Waals surface area (Å²) in [5.41, 5.74) is 0.992. The molecule has 1 fully saturated rings. The van der Waals surface area contributed by atoms with Gasteiger partial charge in [-0.25, -0.2) is 4.98 Å². The van der Waals surface area contributed by atoms with E-state index in [1.54, 1.807) is 6.20 Å². The molecule has 6 heteroatoms. The van der Waals surface area contributed by atoms with Gasteiger partial charge in [0.05, 0.1) is 6.61 Å². The number of amides is 1. The fraction of sp³-hybridized carbons (Fsp3) is 0.400. The lowest BCUT2D eigenvalue weighted by Crippen LogP contribution is -2.49. The van der Waals surface area contributed by atoms with Crippen LogP contribution < -0.4 is 9.64 Å². The summed E-state index contributed by atoms with van der Waals surface area (Å²) in [6.07, 6.45) is 3.02. The molecular weight excluding hydrogens is 350 g/mol. The zero-order chi connectivity index (χ0) is 18.4. The van der Waals surface area contributed by atoms with E-state index >= 15 is 0 Å². The molecule has 0 N–H and O–H groups in total. The van der Waals surface area contributed by atoms with E-state index in [0.717, 1.165) is 48.3 Å². The van der Waals surface area contributed by atoms with Gasteiger partial charge in [-0.15, -0.1) is 0 Å². The largest absolute Gasteiger partial charge is 0.494 e. The maximum atomic E-state index is 12.4. The van der Waals surface area contributed by atoms with Crippen molar-refractivity contribution in [2.24, 2.45) is 0 Å². The lowest BCUT2D eigenvalue weighted by atomic mass is 10.2. The molecule has 1 aliphatic rings. The molecule has 1 aromatic carbocycles. The number of carbonyl (C=O) groups excluding carboxylic acids is 1. The summed E-state index contributed by atoms with van der Waals surface area (Å²) in [6.45, 7) is 5.61. The van der Waals surface area contributed by atoms with Crippen molar-refractivity contribution in [3.05, 3.63) is 53.2 Å². The maximum Gasteiger partial charge on any atom is 0.222 e. The number of aryl methyl sites for hydroxylation is 1. The number of piperazine rings is 1. The summed E-state index contributed by atoms with van der Waals surface area (Å²) in [4.78, 5) is 20.9. The van der Waals surface area contributed by atoms with Crippen LogP contribution in [0.25, 0.3) is 0 Å². The van der Waals surface area contributed by atoms with E-state index in [1.807, 2.05) is 48.2 Å². The molecule has 138 valence electrons. The molecule has 5 nitrogen and oxygen atoms in total. The number of anilines is 1. The summed E-state index contributed by atoms with van der Waals surface area (Å²) in [5.74, 6) is 1.97. The van der Waals surface area contributed by atoms with Gasteiger partial charge >= 0.3 is 0 Å². The summed E-state index contributed by atoms with van der Waals surface area (Å²) in [5, 5.41) is 0.734. The molecule has 0 aliphatic carbocycles. The average molecular weight is 374 g/mol. The lowest BCUT2D eigenvalue weighted by molar-refractivity contribution is -0.131. The third-order valence-corrected chi connectivity index (χ3v) is 4.96. The number of halogens is 1. The topological polar surface area (TPSA) is 45.7 Å². The van der Waals surface area contributed by atoms with Crippen LogP contribution in [0.15, 0.2) is 42.6 Å². The van der Waals surface area contributed by atoms with E-state index in [4.69, 9.17) is 16.3 Å². The van der Waals surface area contributed by atoms with Gasteiger partial charge in [0, 0.05) is 43.8 Å². The predicted octanol–water partition coefficient (Wildman–Crippen LogP) is 3.55.